The summed E-state index contributed by atoms with van der Waals surface area (Å²) < 4.78 is 12.0. The zero-order valence-corrected chi connectivity index (χ0v) is 16.7. The van der Waals surface area contributed by atoms with Gasteiger partial charge in [0.15, 0.2) is 0 Å². The van der Waals surface area contributed by atoms with E-state index in [2.05, 4.69) is 27.9 Å². The molecule has 2 rings (SSSR count). The number of amides is 1. The van der Waals surface area contributed by atoms with Crippen LogP contribution in [0.5, 0.6) is 17.2 Å². The number of ether oxygens (including phenoxy) is 2. The van der Waals surface area contributed by atoms with Crippen molar-refractivity contribution in [2.24, 2.45) is 0 Å². The SMILES string of the molecule is CC(C)(C)OC(=O)NCCc1ccc(O[13c]2[13cH][13cH][13c](O)[13cH][13cH]2)c(I)c1. The molecular weight excluding hydrogens is 439 g/mol. The first kappa shape index (κ1) is 19.4. The summed E-state index contributed by atoms with van der Waals surface area (Å²) in [6, 6.07) is 12.5. The molecule has 25 heavy (non-hydrogen) atoms. The normalized spacial score (nSPS) is 11.0. The van der Waals surface area contributed by atoms with E-state index in [1.54, 1.807) is 24.3 Å². The second-order valence-corrected chi connectivity index (χ2v) is 7.70. The van der Waals surface area contributed by atoms with Crippen LogP contribution in [0.15, 0.2) is 42.5 Å². The van der Waals surface area contributed by atoms with Gasteiger partial charge >= 0.3 is 6.09 Å². The molecule has 2 N–H and O–H groups in total. The van der Waals surface area contributed by atoms with Crippen LogP contribution in [0.1, 0.15) is 26.3 Å². The molecule has 0 saturated heterocycles. The Morgan fingerprint density at radius 1 is 1.16 bits per heavy atom. The summed E-state index contributed by atoms with van der Waals surface area (Å²) in [5.41, 5.74) is 0.602. The van der Waals surface area contributed by atoms with E-state index in [1.807, 2.05) is 39.0 Å². The maximum atomic E-state index is 11.6. The van der Waals surface area contributed by atoms with Crippen LogP contribution in [0.2, 0.25) is 0 Å². The summed E-state index contributed by atoms with van der Waals surface area (Å²) in [7, 11) is 0. The average Bonchev–Trinajstić information content (AvgIpc) is 2.50. The van der Waals surface area contributed by atoms with Crippen molar-refractivity contribution in [3.63, 3.8) is 0 Å². The lowest BCUT2D eigenvalue weighted by Crippen LogP contribution is -2.33. The van der Waals surface area contributed by atoms with Crippen LogP contribution in [0, 0.1) is 3.57 Å². The van der Waals surface area contributed by atoms with Gasteiger partial charge in [0.05, 0.1) is 3.57 Å². The third-order valence-corrected chi connectivity index (χ3v) is 3.99. The van der Waals surface area contributed by atoms with Gasteiger partial charge in [-0.15, -0.1) is 0 Å². The van der Waals surface area contributed by atoms with E-state index in [-0.39, 0.29) is 5.75 Å². The Balaban J connectivity index is 1.88. The van der Waals surface area contributed by atoms with Crippen LogP contribution in [0.25, 0.3) is 0 Å². The Hall–Kier alpha value is -1.96. The Morgan fingerprint density at radius 3 is 2.44 bits per heavy atom. The highest BCUT2D eigenvalue weighted by atomic mass is 127. The molecule has 0 radical (unpaired) electrons. The van der Waals surface area contributed by atoms with E-state index in [9.17, 15) is 9.90 Å². The van der Waals surface area contributed by atoms with Crippen molar-refractivity contribution in [2.45, 2.75) is 32.8 Å². The first-order chi connectivity index (χ1) is 11.7. The van der Waals surface area contributed by atoms with E-state index in [4.69, 9.17) is 9.47 Å². The summed E-state index contributed by atoms with van der Waals surface area (Å²) >= 11 is 2.22. The highest BCUT2D eigenvalue weighted by molar-refractivity contribution is 14.1. The minimum atomic E-state index is -0.493. The van der Waals surface area contributed by atoms with Gasteiger partial charge in [-0.1, -0.05) is 6.07 Å². The van der Waals surface area contributed by atoms with Gasteiger partial charge in [-0.25, -0.2) is 4.79 Å². The number of aromatic hydroxyl groups is 1. The maximum Gasteiger partial charge on any atom is 0.407 e. The predicted octanol–water partition coefficient (Wildman–Crippen LogP) is 4.86. The number of phenols is 1. The number of hydrogen-bond acceptors (Lipinski definition) is 4. The Kier molecular flexibility index (Phi) is 6.52. The van der Waals surface area contributed by atoms with Crippen LogP contribution < -0.4 is 10.1 Å². The molecule has 1 amide bonds. The number of halogens is 1. The van der Waals surface area contributed by atoms with E-state index in [0.29, 0.717) is 18.7 Å². The quantitative estimate of drug-likeness (QED) is 0.625. The lowest BCUT2D eigenvalue weighted by Gasteiger charge is -2.19. The molecule has 0 bridgehead atoms. The van der Waals surface area contributed by atoms with Gasteiger partial charge in [-0.2, -0.15) is 0 Å². The maximum absolute atomic E-state index is 11.6. The smallest absolute Gasteiger partial charge is 0.407 e. The van der Waals surface area contributed by atoms with Gasteiger partial charge in [-0.05, 0) is 91.7 Å². The number of carbonyl (C=O) groups excluding carboxylic acids is 1. The fourth-order valence-electron chi connectivity index (χ4n) is 2.05. The van der Waals surface area contributed by atoms with E-state index >= 15 is 0 Å². The van der Waals surface area contributed by atoms with Gasteiger partial charge in [0, 0.05) is 6.54 Å². The van der Waals surface area contributed by atoms with Crippen molar-refractivity contribution in [3.05, 3.63) is 51.6 Å². The molecule has 0 heterocycles. The van der Waals surface area contributed by atoms with E-state index in [1.165, 1.54) is 0 Å². The number of nitrogens with one attached hydrogen (secondary N) is 1. The topological polar surface area (TPSA) is 67.8 Å². The Morgan fingerprint density at radius 2 is 1.84 bits per heavy atom. The number of hydrogen-bond donors (Lipinski definition) is 2. The molecule has 0 aliphatic carbocycles. The monoisotopic (exact) mass is 461 g/mol. The third-order valence-electron chi connectivity index (χ3n) is 3.14. The molecular formula is C19H22INO4. The van der Waals surface area contributed by atoms with Gasteiger partial charge in [-0.3, -0.25) is 0 Å². The lowest BCUT2D eigenvalue weighted by molar-refractivity contribution is 0.0528. The van der Waals surface area contributed by atoms with Crippen LogP contribution in [0.3, 0.4) is 0 Å². The predicted molar refractivity (Wildman–Crippen MR) is 105 cm³/mol. The molecule has 2 aromatic carbocycles. The van der Waals surface area contributed by atoms with Gasteiger partial charge in [0.2, 0.25) is 0 Å². The van der Waals surface area contributed by atoms with Crippen molar-refractivity contribution in [1.29, 1.82) is 0 Å². The minimum Gasteiger partial charge on any atom is -0.508 e. The molecule has 0 atom stereocenters. The molecule has 0 aromatic heterocycles. The van der Waals surface area contributed by atoms with Crippen LogP contribution in [-0.2, 0) is 11.2 Å². The van der Waals surface area contributed by atoms with Gasteiger partial charge in [0.25, 0.3) is 0 Å². The molecule has 0 saturated carbocycles. The number of phenolic OH excluding ortho intramolecular Hbond substituents is 1. The summed E-state index contributed by atoms with van der Waals surface area (Å²) in [5, 5.41) is 12.0. The molecule has 0 unspecified atom stereocenters. The lowest BCUT2D eigenvalue weighted by atomic mass is 10.1. The van der Waals surface area contributed by atoms with Crippen molar-refractivity contribution < 1.29 is 19.4 Å². The van der Waals surface area contributed by atoms with Gasteiger partial charge < -0.3 is 19.9 Å². The second-order valence-electron chi connectivity index (χ2n) is 6.54. The van der Waals surface area contributed by atoms with Crippen molar-refractivity contribution in [2.75, 3.05) is 6.54 Å². The number of alkyl carbamates (subject to hydrolysis) is 1. The molecule has 0 aliphatic rings. The Labute approximate surface area is 161 Å². The zero-order chi connectivity index (χ0) is 18.4. The van der Waals surface area contributed by atoms with Crippen molar-refractivity contribution in [1.82, 2.24) is 5.32 Å². The largest absolute Gasteiger partial charge is 0.508 e. The number of rotatable bonds is 5. The standard InChI is InChI=1S/C19H22INO4/c1-19(2,3)25-18(23)21-11-10-13-4-9-17(16(20)12-13)24-15-7-5-14(22)6-8-15/h4-9,12,22H,10-11H2,1-3H3,(H,21,23)/i5+1,6+1,7+1,8+1,14+1,15+1. The van der Waals surface area contributed by atoms with Crippen LogP contribution in [-0.4, -0.2) is 23.3 Å². The van der Waals surface area contributed by atoms with Crippen LogP contribution in [0.4, 0.5) is 4.79 Å². The average molecular weight is 461 g/mol. The highest BCUT2D eigenvalue weighted by Crippen LogP contribution is 2.28. The number of benzene rings is 2. The summed E-state index contributed by atoms with van der Waals surface area (Å²) in [4.78, 5) is 11.6. The summed E-state index contributed by atoms with van der Waals surface area (Å²) in [6.45, 7) is 6.01. The zero-order valence-electron chi connectivity index (χ0n) is 14.5. The van der Waals surface area contributed by atoms with Crippen LogP contribution >= 0.6 is 22.6 Å². The van der Waals surface area contributed by atoms with E-state index < -0.39 is 11.7 Å². The summed E-state index contributed by atoms with van der Waals surface area (Å²) in [6.07, 6.45) is 0.295. The van der Waals surface area contributed by atoms with Gasteiger partial charge in [0.1, 0.15) is 22.8 Å². The van der Waals surface area contributed by atoms with Crippen molar-refractivity contribution >= 4 is 28.7 Å². The molecule has 0 fully saturated rings. The number of carbonyl (C=O) groups is 1. The second kappa shape index (κ2) is 8.42. The third kappa shape index (κ3) is 6.81. The molecule has 2 aromatic rings. The first-order valence-electron chi connectivity index (χ1n) is 7.95. The molecule has 5 nitrogen and oxygen atoms in total. The molecule has 134 valence electrons. The molecule has 0 spiro atoms. The Bertz CT molecular complexity index is 723. The summed E-state index contributed by atoms with van der Waals surface area (Å²) in [5.74, 6) is 1.61. The highest BCUT2D eigenvalue weighted by Gasteiger charge is 2.15. The minimum absolute atomic E-state index is 0.204. The molecule has 6 heteroatoms. The van der Waals surface area contributed by atoms with Crippen molar-refractivity contribution in [3.8, 4) is 17.2 Å². The first-order valence-corrected chi connectivity index (χ1v) is 9.03. The van der Waals surface area contributed by atoms with E-state index in [0.717, 1.165) is 14.9 Å². The fourth-order valence-corrected chi connectivity index (χ4v) is 2.74. The fraction of sp³-hybridized carbons (Fsp3) is 0.316. The molecule has 0 aliphatic heterocycles.